The monoisotopic (exact) mass is 433 g/mol. The molecule has 3 heterocycles. The summed E-state index contributed by atoms with van der Waals surface area (Å²) in [6.07, 6.45) is 1.31. The largest absolute Gasteiger partial charge is 0.390 e. The molecule has 0 aliphatic carbocycles. The number of sulfonamides is 1. The quantitative estimate of drug-likeness (QED) is 0.741. The normalized spacial score (nSPS) is 23.0. The number of nitrogens with two attached hydrogens (primary N) is 1. The SMILES string of the molecule is CN1c2ccc(-c3cnc(N)c(Cl)c3N3CC[C@H](C#N)[C@@H](O)C3)cc2CS1(=O)=O. The van der Waals surface area contributed by atoms with E-state index in [0.29, 0.717) is 35.5 Å². The molecule has 2 aromatic rings. The minimum atomic E-state index is -3.35. The number of aliphatic hydroxyl groups is 1. The molecule has 4 rings (SSSR count). The number of hydrogen-bond donors (Lipinski definition) is 2. The second kappa shape index (κ2) is 7.06. The van der Waals surface area contributed by atoms with E-state index in [0.717, 1.165) is 5.56 Å². The number of piperidine rings is 1. The Bertz CT molecular complexity index is 1130. The summed E-state index contributed by atoms with van der Waals surface area (Å²) in [5, 5.41) is 19.7. The smallest absolute Gasteiger partial charge is 0.239 e. The molecule has 1 saturated heterocycles. The highest BCUT2D eigenvalue weighted by molar-refractivity contribution is 7.92. The van der Waals surface area contributed by atoms with Crippen molar-refractivity contribution in [1.29, 1.82) is 5.26 Å². The van der Waals surface area contributed by atoms with Crippen LogP contribution < -0.4 is 14.9 Å². The molecule has 3 N–H and O–H groups in total. The zero-order valence-corrected chi connectivity index (χ0v) is 17.3. The summed E-state index contributed by atoms with van der Waals surface area (Å²) in [4.78, 5) is 6.08. The van der Waals surface area contributed by atoms with Crippen LogP contribution in [-0.2, 0) is 15.8 Å². The van der Waals surface area contributed by atoms with Gasteiger partial charge in [-0.05, 0) is 29.7 Å². The molecule has 1 fully saturated rings. The molecule has 8 nitrogen and oxygen atoms in total. The molecule has 29 heavy (non-hydrogen) atoms. The molecule has 2 aliphatic rings. The number of aromatic nitrogens is 1. The summed E-state index contributed by atoms with van der Waals surface area (Å²) in [5.41, 5.74) is 9.37. The molecule has 1 aromatic carbocycles. The van der Waals surface area contributed by atoms with Crippen molar-refractivity contribution in [3.8, 4) is 17.2 Å². The van der Waals surface area contributed by atoms with E-state index in [1.165, 1.54) is 11.4 Å². The summed E-state index contributed by atoms with van der Waals surface area (Å²) in [6, 6.07) is 7.54. The van der Waals surface area contributed by atoms with Crippen LogP contribution in [0, 0.1) is 17.2 Å². The molecule has 10 heteroatoms. The predicted molar refractivity (Wildman–Crippen MR) is 112 cm³/mol. The fraction of sp³-hybridized carbons (Fsp3) is 0.368. The van der Waals surface area contributed by atoms with Crippen LogP contribution in [0.3, 0.4) is 0 Å². The lowest BCUT2D eigenvalue weighted by atomic mass is 9.94. The summed E-state index contributed by atoms with van der Waals surface area (Å²) in [7, 11) is -1.81. The Balaban J connectivity index is 1.79. The second-order valence-electron chi connectivity index (χ2n) is 7.32. The molecular formula is C19H20ClN5O3S. The van der Waals surface area contributed by atoms with Gasteiger partial charge in [0.1, 0.15) is 10.8 Å². The predicted octanol–water partition coefficient (Wildman–Crippen LogP) is 1.97. The van der Waals surface area contributed by atoms with Crippen LogP contribution in [0.5, 0.6) is 0 Å². The number of benzene rings is 1. The molecule has 0 bridgehead atoms. The van der Waals surface area contributed by atoms with Gasteiger partial charge in [-0.3, -0.25) is 4.31 Å². The van der Waals surface area contributed by atoms with Gasteiger partial charge in [-0.2, -0.15) is 5.26 Å². The highest BCUT2D eigenvalue weighted by Crippen LogP contribution is 2.43. The second-order valence-corrected chi connectivity index (χ2v) is 9.70. The van der Waals surface area contributed by atoms with Crippen molar-refractivity contribution in [2.75, 3.05) is 35.1 Å². The Morgan fingerprint density at radius 1 is 1.41 bits per heavy atom. The number of rotatable bonds is 2. The first-order valence-electron chi connectivity index (χ1n) is 9.09. The third-order valence-corrected chi connectivity index (χ3v) is 7.65. The van der Waals surface area contributed by atoms with Gasteiger partial charge in [-0.15, -0.1) is 0 Å². The number of fused-ring (bicyclic) bond motifs is 1. The number of pyridine rings is 1. The lowest BCUT2D eigenvalue weighted by Gasteiger charge is -2.36. The molecule has 152 valence electrons. The summed E-state index contributed by atoms with van der Waals surface area (Å²) < 4.78 is 25.7. The number of anilines is 3. The van der Waals surface area contributed by atoms with E-state index in [4.69, 9.17) is 22.6 Å². The van der Waals surface area contributed by atoms with Gasteiger partial charge >= 0.3 is 0 Å². The Hall–Kier alpha value is -2.54. The molecule has 0 saturated carbocycles. The van der Waals surface area contributed by atoms with Gasteiger partial charge in [-0.25, -0.2) is 13.4 Å². The number of hydrogen-bond acceptors (Lipinski definition) is 7. The van der Waals surface area contributed by atoms with Crippen LogP contribution in [-0.4, -0.2) is 44.7 Å². The van der Waals surface area contributed by atoms with Crippen LogP contribution >= 0.6 is 11.6 Å². The average molecular weight is 434 g/mol. The molecule has 0 radical (unpaired) electrons. The van der Waals surface area contributed by atoms with Crippen LogP contribution in [0.25, 0.3) is 11.1 Å². The van der Waals surface area contributed by atoms with Crippen molar-refractivity contribution in [2.24, 2.45) is 5.92 Å². The van der Waals surface area contributed by atoms with Gasteiger partial charge in [0.25, 0.3) is 0 Å². The van der Waals surface area contributed by atoms with Crippen LogP contribution in [0.4, 0.5) is 17.2 Å². The maximum absolute atomic E-state index is 12.2. The van der Waals surface area contributed by atoms with Gasteiger partial charge < -0.3 is 15.7 Å². The van der Waals surface area contributed by atoms with E-state index in [9.17, 15) is 13.5 Å². The number of nitriles is 1. The van der Waals surface area contributed by atoms with Crippen molar-refractivity contribution in [3.63, 3.8) is 0 Å². The summed E-state index contributed by atoms with van der Waals surface area (Å²) in [6.45, 7) is 0.782. The van der Waals surface area contributed by atoms with E-state index in [-0.39, 0.29) is 23.1 Å². The highest BCUT2D eigenvalue weighted by atomic mass is 35.5. The molecule has 0 unspecified atom stereocenters. The van der Waals surface area contributed by atoms with Gasteiger partial charge in [0.2, 0.25) is 10.0 Å². The Morgan fingerprint density at radius 3 is 2.86 bits per heavy atom. The van der Waals surface area contributed by atoms with Crippen molar-refractivity contribution in [3.05, 3.63) is 35.0 Å². The van der Waals surface area contributed by atoms with E-state index >= 15 is 0 Å². The third-order valence-electron chi connectivity index (χ3n) is 5.57. The first kappa shape index (κ1) is 19.8. The van der Waals surface area contributed by atoms with E-state index in [1.54, 1.807) is 12.3 Å². The first-order chi connectivity index (χ1) is 13.7. The molecule has 0 amide bonds. The van der Waals surface area contributed by atoms with Gasteiger partial charge in [0.05, 0.1) is 35.2 Å². The molecule has 2 atom stereocenters. The Labute approximate surface area is 174 Å². The van der Waals surface area contributed by atoms with E-state index in [1.807, 2.05) is 17.0 Å². The van der Waals surface area contributed by atoms with Crippen LogP contribution in [0.1, 0.15) is 12.0 Å². The average Bonchev–Trinajstić information content (AvgIpc) is 2.91. The van der Waals surface area contributed by atoms with Crippen LogP contribution in [0.15, 0.2) is 24.4 Å². The number of aliphatic hydroxyl groups excluding tert-OH is 1. The number of β-amino-alcohol motifs (C(OH)–C–C–N with tert-alkyl or cyclic N) is 1. The minimum Gasteiger partial charge on any atom is -0.390 e. The maximum Gasteiger partial charge on any atom is 0.239 e. The molecule has 2 aliphatic heterocycles. The fourth-order valence-corrected chi connectivity index (χ4v) is 5.48. The maximum atomic E-state index is 12.2. The topological polar surface area (TPSA) is 124 Å². The van der Waals surface area contributed by atoms with Gasteiger partial charge in [0, 0.05) is 31.9 Å². The van der Waals surface area contributed by atoms with Gasteiger partial charge in [-0.1, -0.05) is 17.7 Å². The van der Waals surface area contributed by atoms with Gasteiger partial charge in [0.15, 0.2) is 0 Å². The van der Waals surface area contributed by atoms with E-state index in [2.05, 4.69) is 11.1 Å². The Kier molecular flexibility index (Phi) is 4.81. The first-order valence-corrected chi connectivity index (χ1v) is 11.1. The zero-order chi connectivity index (χ0) is 20.9. The van der Waals surface area contributed by atoms with Crippen molar-refractivity contribution in [2.45, 2.75) is 18.3 Å². The lowest BCUT2D eigenvalue weighted by Crippen LogP contribution is -2.43. The minimum absolute atomic E-state index is 0.0651. The fourth-order valence-electron chi connectivity index (χ4n) is 3.92. The van der Waals surface area contributed by atoms with Crippen molar-refractivity contribution in [1.82, 2.24) is 4.98 Å². The van der Waals surface area contributed by atoms with Crippen LogP contribution in [0.2, 0.25) is 5.02 Å². The lowest BCUT2D eigenvalue weighted by molar-refractivity contribution is 0.120. The Morgan fingerprint density at radius 2 is 2.17 bits per heavy atom. The summed E-state index contributed by atoms with van der Waals surface area (Å²) >= 11 is 6.51. The highest BCUT2D eigenvalue weighted by Gasteiger charge is 2.32. The zero-order valence-electron chi connectivity index (χ0n) is 15.7. The molecule has 1 aromatic heterocycles. The number of halogens is 1. The standard InChI is InChI=1S/C19H20ClN5O3S/c1-24-15-3-2-11(6-13(15)10-29(24,27)28)14-8-23-19(22)17(20)18(14)25-5-4-12(7-21)16(26)9-25/h2-3,6,8,12,16,26H,4-5,9-10H2,1H3,(H2,22,23)/t12-,16+/m1/s1. The van der Waals surface area contributed by atoms with E-state index < -0.39 is 22.0 Å². The molecule has 0 spiro atoms. The summed E-state index contributed by atoms with van der Waals surface area (Å²) in [5.74, 6) is -0.316. The molecular weight excluding hydrogens is 414 g/mol. The third kappa shape index (κ3) is 3.27. The van der Waals surface area contributed by atoms with Crippen molar-refractivity contribution >= 4 is 38.8 Å². The van der Waals surface area contributed by atoms with Crippen molar-refractivity contribution < 1.29 is 13.5 Å². The number of nitrogens with zero attached hydrogens (tertiary/aromatic N) is 4. The number of nitrogen functional groups attached to an aromatic ring is 1.